The molecule has 1 atom stereocenters. The average molecular weight is 226 g/mol. The van der Waals surface area contributed by atoms with Gasteiger partial charge in [-0.15, -0.1) is 0 Å². The van der Waals surface area contributed by atoms with Crippen molar-refractivity contribution in [3.05, 3.63) is 0 Å². The van der Waals surface area contributed by atoms with Crippen molar-refractivity contribution < 1.29 is 14.3 Å². The second-order valence-corrected chi connectivity index (χ2v) is 4.61. The van der Waals surface area contributed by atoms with Crippen LogP contribution in [0.3, 0.4) is 0 Å². The third kappa shape index (κ3) is 2.52. The van der Waals surface area contributed by atoms with Crippen molar-refractivity contribution in [3.8, 4) is 0 Å². The van der Waals surface area contributed by atoms with Gasteiger partial charge in [0, 0.05) is 20.3 Å². The molecular formula is C11H18N2O3. The third-order valence-electron chi connectivity index (χ3n) is 3.30. The van der Waals surface area contributed by atoms with E-state index in [2.05, 4.69) is 5.32 Å². The molecule has 2 aliphatic rings. The van der Waals surface area contributed by atoms with Crippen LogP contribution in [0.4, 0.5) is 0 Å². The zero-order valence-electron chi connectivity index (χ0n) is 9.57. The quantitative estimate of drug-likeness (QED) is 0.707. The lowest BCUT2D eigenvalue weighted by molar-refractivity contribution is -0.143. The topological polar surface area (TPSA) is 58.6 Å². The second kappa shape index (κ2) is 4.82. The Morgan fingerprint density at radius 1 is 1.38 bits per heavy atom. The molecule has 1 N–H and O–H groups in total. The molecule has 2 fully saturated rings. The van der Waals surface area contributed by atoms with Crippen LogP contribution in [0.25, 0.3) is 0 Å². The molecule has 2 aliphatic heterocycles. The van der Waals surface area contributed by atoms with Crippen molar-refractivity contribution >= 4 is 11.8 Å². The van der Waals surface area contributed by atoms with Crippen LogP contribution in [0.5, 0.6) is 0 Å². The highest BCUT2D eigenvalue weighted by Crippen LogP contribution is 2.21. The molecule has 1 unspecified atom stereocenters. The van der Waals surface area contributed by atoms with E-state index in [0.29, 0.717) is 5.92 Å². The normalized spacial score (nSPS) is 28.1. The summed E-state index contributed by atoms with van der Waals surface area (Å²) in [5.74, 6) is 0.472. The summed E-state index contributed by atoms with van der Waals surface area (Å²) in [6, 6.07) is -0.325. The van der Waals surface area contributed by atoms with Crippen molar-refractivity contribution in [1.29, 1.82) is 0 Å². The summed E-state index contributed by atoms with van der Waals surface area (Å²) in [6.07, 6.45) is 2.73. The van der Waals surface area contributed by atoms with Gasteiger partial charge in [-0.3, -0.25) is 9.59 Å². The van der Waals surface area contributed by atoms with Gasteiger partial charge in [-0.25, -0.2) is 0 Å². The Hall–Kier alpha value is -1.10. The van der Waals surface area contributed by atoms with Gasteiger partial charge in [0.25, 0.3) is 0 Å². The van der Waals surface area contributed by atoms with Gasteiger partial charge in [0.05, 0.1) is 6.54 Å². The smallest absolute Gasteiger partial charge is 0.245 e. The van der Waals surface area contributed by atoms with Crippen LogP contribution in [-0.2, 0) is 14.3 Å². The van der Waals surface area contributed by atoms with Gasteiger partial charge in [-0.05, 0) is 25.2 Å². The number of rotatable bonds is 2. The number of amides is 2. The zero-order chi connectivity index (χ0) is 11.5. The largest absolute Gasteiger partial charge is 0.381 e. The summed E-state index contributed by atoms with van der Waals surface area (Å²) >= 11 is 0. The van der Waals surface area contributed by atoms with Crippen molar-refractivity contribution in [3.63, 3.8) is 0 Å². The van der Waals surface area contributed by atoms with Crippen molar-refractivity contribution in [2.45, 2.75) is 25.3 Å². The van der Waals surface area contributed by atoms with Gasteiger partial charge < -0.3 is 15.0 Å². The molecule has 5 nitrogen and oxygen atoms in total. The van der Waals surface area contributed by atoms with Gasteiger partial charge in [0.1, 0.15) is 6.04 Å². The highest BCUT2D eigenvalue weighted by atomic mass is 16.5. The summed E-state index contributed by atoms with van der Waals surface area (Å²) in [4.78, 5) is 24.7. The Kier molecular flexibility index (Phi) is 3.43. The highest BCUT2D eigenvalue weighted by Gasteiger charge is 2.32. The number of piperazine rings is 1. The lowest BCUT2D eigenvalue weighted by Gasteiger charge is -2.32. The summed E-state index contributed by atoms with van der Waals surface area (Å²) < 4.78 is 5.28. The maximum absolute atomic E-state index is 11.8. The van der Waals surface area contributed by atoms with E-state index < -0.39 is 0 Å². The van der Waals surface area contributed by atoms with Gasteiger partial charge in [-0.2, -0.15) is 0 Å². The van der Waals surface area contributed by atoms with Crippen LogP contribution >= 0.6 is 0 Å². The second-order valence-electron chi connectivity index (χ2n) is 4.61. The van der Waals surface area contributed by atoms with Gasteiger partial charge in [-0.1, -0.05) is 0 Å². The average Bonchev–Trinajstić information content (AvgIpc) is 2.27. The minimum atomic E-state index is -0.325. The third-order valence-corrected chi connectivity index (χ3v) is 3.30. The van der Waals surface area contributed by atoms with E-state index in [1.54, 1.807) is 7.05 Å². The Balaban J connectivity index is 1.91. The molecule has 16 heavy (non-hydrogen) atoms. The van der Waals surface area contributed by atoms with Crippen molar-refractivity contribution in [2.75, 3.05) is 26.8 Å². The van der Waals surface area contributed by atoms with E-state index in [1.165, 1.54) is 4.90 Å². The molecule has 0 spiro atoms. The van der Waals surface area contributed by atoms with Crippen LogP contribution in [0.1, 0.15) is 19.3 Å². The predicted molar refractivity (Wildman–Crippen MR) is 57.7 cm³/mol. The first-order valence-corrected chi connectivity index (χ1v) is 5.79. The highest BCUT2D eigenvalue weighted by molar-refractivity contribution is 5.94. The van der Waals surface area contributed by atoms with E-state index in [1.807, 2.05) is 0 Å². The van der Waals surface area contributed by atoms with Gasteiger partial charge >= 0.3 is 0 Å². The fraction of sp³-hybridized carbons (Fsp3) is 0.818. The molecule has 2 saturated heterocycles. The van der Waals surface area contributed by atoms with E-state index in [0.717, 1.165) is 32.5 Å². The number of hydrogen-bond donors (Lipinski definition) is 1. The first-order chi connectivity index (χ1) is 7.66. The molecule has 0 aliphatic carbocycles. The first kappa shape index (κ1) is 11.4. The number of nitrogens with zero attached hydrogens (tertiary/aromatic N) is 1. The van der Waals surface area contributed by atoms with Crippen molar-refractivity contribution in [1.82, 2.24) is 10.2 Å². The standard InChI is InChI=1S/C11H18N2O3/c1-13-7-10(14)12-9(11(13)15)6-8-2-4-16-5-3-8/h8-9H,2-7H2,1H3,(H,12,14). The van der Waals surface area contributed by atoms with Crippen LogP contribution in [0.15, 0.2) is 0 Å². The molecule has 0 bridgehead atoms. The van der Waals surface area contributed by atoms with Crippen LogP contribution in [-0.4, -0.2) is 49.6 Å². The molecule has 5 heteroatoms. The van der Waals surface area contributed by atoms with E-state index in [9.17, 15) is 9.59 Å². The molecule has 0 aromatic carbocycles. The van der Waals surface area contributed by atoms with Crippen molar-refractivity contribution in [2.24, 2.45) is 5.92 Å². The van der Waals surface area contributed by atoms with E-state index in [4.69, 9.17) is 4.74 Å². The first-order valence-electron chi connectivity index (χ1n) is 5.79. The number of ether oxygens (including phenoxy) is 1. The number of likely N-dealkylation sites (N-methyl/N-ethyl adjacent to an activating group) is 1. The zero-order valence-corrected chi connectivity index (χ0v) is 9.57. The molecule has 0 aromatic heterocycles. The summed E-state index contributed by atoms with van der Waals surface area (Å²) in [5, 5.41) is 2.77. The molecule has 90 valence electrons. The molecule has 2 amide bonds. The predicted octanol–water partition coefficient (Wildman–Crippen LogP) is -0.240. The monoisotopic (exact) mass is 226 g/mol. The molecule has 0 saturated carbocycles. The van der Waals surface area contributed by atoms with E-state index in [-0.39, 0.29) is 24.4 Å². The molecule has 0 radical (unpaired) electrons. The van der Waals surface area contributed by atoms with Crippen LogP contribution in [0, 0.1) is 5.92 Å². The number of nitrogens with one attached hydrogen (secondary N) is 1. The summed E-state index contributed by atoms with van der Waals surface area (Å²) in [5.41, 5.74) is 0. The lowest BCUT2D eigenvalue weighted by Crippen LogP contribution is -2.57. The van der Waals surface area contributed by atoms with Gasteiger partial charge in [0.15, 0.2) is 0 Å². The van der Waals surface area contributed by atoms with Gasteiger partial charge in [0.2, 0.25) is 11.8 Å². The molecule has 2 rings (SSSR count). The Morgan fingerprint density at radius 3 is 2.75 bits per heavy atom. The van der Waals surface area contributed by atoms with Crippen LogP contribution in [0.2, 0.25) is 0 Å². The maximum Gasteiger partial charge on any atom is 0.245 e. The Morgan fingerprint density at radius 2 is 2.06 bits per heavy atom. The number of carbonyl (C=O) groups excluding carboxylic acids is 2. The molecular weight excluding hydrogens is 208 g/mol. The minimum Gasteiger partial charge on any atom is -0.381 e. The fourth-order valence-corrected chi connectivity index (χ4v) is 2.34. The summed E-state index contributed by atoms with van der Waals surface area (Å²) in [6.45, 7) is 1.73. The number of hydrogen-bond acceptors (Lipinski definition) is 3. The number of carbonyl (C=O) groups is 2. The van der Waals surface area contributed by atoms with E-state index >= 15 is 0 Å². The SMILES string of the molecule is CN1CC(=O)NC(CC2CCOCC2)C1=O. The lowest BCUT2D eigenvalue weighted by atomic mass is 9.91. The van der Waals surface area contributed by atoms with Crippen LogP contribution < -0.4 is 5.32 Å². The Labute approximate surface area is 95.1 Å². The Bertz CT molecular complexity index is 287. The molecule has 2 heterocycles. The fourth-order valence-electron chi connectivity index (χ4n) is 2.34. The summed E-state index contributed by atoms with van der Waals surface area (Å²) in [7, 11) is 1.68. The molecule has 0 aromatic rings. The maximum atomic E-state index is 11.8. The minimum absolute atomic E-state index is 0.0334.